The molecule has 7 heteroatoms. The molecule has 4 saturated carbocycles. The molecule has 0 aliphatic heterocycles. The molecule has 5 aliphatic rings. The second-order valence-corrected chi connectivity index (χ2v) is 16.3. The number of ether oxygens (including phenoxy) is 1. The summed E-state index contributed by atoms with van der Waals surface area (Å²) in [5.41, 5.74) is -0.553. The van der Waals surface area contributed by atoms with Gasteiger partial charge < -0.3 is 14.9 Å². The van der Waals surface area contributed by atoms with Gasteiger partial charge in [0.25, 0.3) is 0 Å². The maximum Gasteiger partial charge on any atom is 0.309 e. The van der Waals surface area contributed by atoms with Crippen LogP contribution >= 0.6 is 0 Å². The molecule has 0 aromatic carbocycles. The minimum absolute atomic E-state index is 0.0233. The third-order valence-electron chi connectivity index (χ3n) is 13.8. The van der Waals surface area contributed by atoms with Crippen LogP contribution in [0, 0.1) is 50.2 Å². The van der Waals surface area contributed by atoms with Crippen molar-refractivity contribution in [1.82, 2.24) is 0 Å². The minimum atomic E-state index is -1.01. The van der Waals surface area contributed by atoms with E-state index in [1.807, 2.05) is 13.0 Å². The van der Waals surface area contributed by atoms with Crippen molar-refractivity contribution in [3.8, 4) is 0 Å². The van der Waals surface area contributed by atoms with Crippen LogP contribution in [-0.4, -0.2) is 40.0 Å². The first-order valence-corrected chi connectivity index (χ1v) is 15.7. The third-order valence-corrected chi connectivity index (χ3v) is 13.8. The van der Waals surface area contributed by atoms with Crippen molar-refractivity contribution in [2.24, 2.45) is 50.2 Å². The van der Waals surface area contributed by atoms with Crippen LogP contribution in [-0.2, 0) is 23.9 Å². The van der Waals surface area contributed by atoms with Crippen LogP contribution < -0.4 is 0 Å². The molecule has 5 rings (SSSR count). The van der Waals surface area contributed by atoms with E-state index >= 15 is 0 Å². The minimum Gasteiger partial charge on any atom is -0.481 e. The lowest BCUT2D eigenvalue weighted by atomic mass is 9.33. The maximum absolute atomic E-state index is 14.5. The molecule has 41 heavy (non-hydrogen) atoms. The first-order valence-electron chi connectivity index (χ1n) is 15.7. The Kier molecular flexibility index (Phi) is 6.95. The van der Waals surface area contributed by atoms with Gasteiger partial charge >= 0.3 is 17.9 Å². The number of fused-ring (bicyclic) bond motifs is 7. The zero-order valence-electron chi connectivity index (χ0n) is 26.1. The zero-order valence-corrected chi connectivity index (χ0v) is 26.1. The highest BCUT2D eigenvalue weighted by atomic mass is 16.5. The molecule has 228 valence electrons. The van der Waals surface area contributed by atoms with Gasteiger partial charge in [0.15, 0.2) is 5.78 Å². The number of hydrogen-bond acceptors (Lipinski definition) is 5. The van der Waals surface area contributed by atoms with Gasteiger partial charge in [0.2, 0.25) is 0 Å². The average Bonchev–Trinajstić information content (AvgIpc) is 2.86. The highest BCUT2D eigenvalue weighted by Crippen LogP contribution is 2.75. The van der Waals surface area contributed by atoms with Crippen molar-refractivity contribution < 1.29 is 34.1 Å². The maximum atomic E-state index is 14.5. The smallest absolute Gasteiger partial charge is 0.309 e. The summed E-state index contributed by atoms with van der Waals surface area (Å²) in [4.78, 5) is 50.3. The quantitative estimate of drug-likeness (QED) is 0.348. The second kappa shape index (κ2) is 9.41. The van der Waals surface area contributed by atoms with Crippen LogP contribution in [0.2, 0.25) is 0 Å². The average molecular weight is 571 g/mol. The fourth-order valence-electron chi connectivity index (χ4n) is 11.0. The molecular formula is C34H50O7. The van der Waals surface area contributed by atoms with Crippen LogP contribution in [0.25, 0.3) is 0 Å². The van der Waals surface area contributed by atoms with Gasteiger partial charge in [-0.05, 0) is 104 Å². The Hall–Kier alpha value is -2.18. The van der Waals surface area contributed by atoms with Crippen molar-refractivity contribution in [2.75, 3.05) is 0 Å². The molecule has 0 aromatic heterocycles. The molecule has 0 heterocycles. The highest BCUT2D eigenvalue weighted by Gasteiger charge is 2.70. The van der Waals surface area contributed by atoms with Crippen LogP contribution in [0.5, 0.6) is 0 Å². The van der Waals surface area contributed by atoms with E-state index in [4.69, 9.17) is 9.84 Å². The van der Waals surface area contributed by atoms with E-state index in [2.05, 4.69) is 41.5 Å². The number of rotatable bonds is 5. The second-order valence-electron chi connectivity index (χ2n) is 16.3. The van der Waals surface area contributed by atoms with E-state index < -0.39 is 23.3 Å². The van der Waals surface area contributed by atoms with Gasteiger partial charge in [-0.1, -0.05) is 47.1 Å². The lowest BCUT2D eigenvalue weighted by Gasteiger charge is -2.70. The fraction of sp³-hybridized carbons (Fsp3) is 0.824. The molecule has 7 nitrogen and oxygen atoms in total. The number of aliphatic carboxylic acids is 2. The molecule has 0 radical (unpaired) electrons. The summed E-state index contributed by atoms with van der Waals surface area (Å²) in [5.74, 6) is -1.87. The Morgan fingerprint density at radius 2 is 1.54 bits per heavy atom. The number of carbonyl (C=O) groups is 4. The Bertz CT molecular complexity index is 1200. The van der Waals surface area contributed by atoms with Crippen LogP contribution in [0.1, 0.15) is 119 Å². The topological polar surface area (TPSA) is 118 Å². The zero-order chi connectivity index (χ0) is 30.4. The SMILES string of the molecule is CC1(C)[C@@H](OC(=O)CCC(=O)O)CC[C@]2(C)[C@H]3C(=O)C=C4[C@@H]5C[C@@](C)(C(=O)O)CC[C@]5(C)CC[C@@]4(C)[C@@]3(C)CC[C@@H]12. The van der Waals surface area contributed by atoms with Crippen molar-refractivity contribution in [1.29, 1.82) is 0 Å². The molecule has 2 N–H and O–H groups in total. The van der Waals surface area contributed by atoms with Crippen molar-refractivity contribution in [2.45, 2.75) is 125 Å². The van der Waals surface area contributed by atoms with Gasteiger partial charge in [-0.25, -0.2) is 0 Å². The number of ketones is 1. The van der Waals surface area contributed by atoms with E-state index in [1.165, 1.54) is 5.57 Å². The molecule has 0 aromatic rings. The molecule has 0 bridgehead atoms. The lowest BCUT2D eigenvalue weighted by molar-refractivity contribution is -0.211. The number of allylic oxidation sites excluding steroid dienone is 2. The molecule has 0 amide bonds. The van der Waals surface area contributed by atoms with Crippen molar-refractivity contribution in [3.63, 3.8) is 0 Å². The van der Waals surface area contributed by atoms with Gasteiger partial charge in [-0.15, -0.1) is 0 Å². The summed E-state index contributed by atoms with van der Waals surface area (Å²) in [6.07, 6.45) is 8.80. The largest absolute Gasteiger partial charge is 0.481 e. The Morgan fingerprint density at radius 1 is 0.878 bits per heavy atom. The molecule has 5 aliphatic carbocycles. The number of carboxylic acids is 2. The van der Waals surface area contributed by atoms with Crippen molar-refractivity contribution >= 4 is 23.7 Å². The van der Waals surface area contributed by atoms with Gasteiger partial charge in [-0.3, -0.25) is 19.2 Å². The first kappa shape index (κ1) is 30.3. The Balaban J connectivity index is 1.49. The number of carbonyl (C=O) groups excluding carboxylic acids is 2. The van der Waals surface area contributed by atoms with Gasteiger partial charge in [0.1, 0.15) is 6.10 Å². The molecular weight excluding hydrogens is 520 g/mol. The van der Waals surface area contributed by atoms with E-state index in [9.17, 15) is 24.3 Å². The van der Waals surface area contributed by atoms with Crippen LogP contribution in [0.3, 0.4) is 0 Å². The number of hydrogen-bond donors (Lipinski definition) is 2. The van der Waals surface area contributed by atoms with Crippen LogP contribution in [0.4, 0.5) is 0 Å². The first-order chi connectivity index (χ1) is 18.8. The summed E-state index contributed by atoms with van der Waals surface area (Å²) in [7, 11) is 0. The summed E-state index contributed by atoms with van der Waals surface area (Å²) in [6.45, 7) is 15.5. The van der Waals surface area contributed by atoms with Crippen LogP contribution in [0.15, 0.2) is 11.6 Å². The summed E-state index contributed by atoms with van der Waals surface area (Å²) >= 11 is 0. The Labute approximate surface area is 244 Å². The molecule has 0 unspecified atom stereocenters. The summed E-state index contributed by atoms with van der Waals surface area (Å²) < 4.78 is 5.91. The van der Waals surface area contributed by atoms with Gasteiger partial charge in [-0.2, -0.15) is 0 Å². The monoisotopic (exact) mass is 570 g/mol. The number of esters is 1. The van der Waals surface area contributed by atoms with Gasteiger partial charge in [0.05, 0.1) is 18.3 Å². The van der Waals surface area contributed by atoms with Gasteiger partial charge in [0, 0.05) is 11.3 Å². The molecule has 0 spiro atoms. The molecule has 4 fully saturated rings. The normalized spacial score (nSPS) is 46.6. The van der Waals surface area contributed by atoms with E-state index in [-0.39, 0.29) is 69.6 Å². The summed E-state index contributed by atoms with van der Waals surface area (Å²) in [6, 6.07) is 0. The number of carboxylic acid groups (broad SMARTS) is 2. The lowest BCUT2D eigenvalue weighted by Crippen LogP contribution is -2.66. The summed E-state index contributed by atoms with van der Waals surface area (Å²) in [5, 5.41) is 19.1. The highest BCUT2D eigenvalue weighted by molar-refractivity contribution is 5.95. The Morgan fingerprint density at radius 3 is 2.17 bits per heavy atom. The van der Waals surface area contributed by atoms with E-state index in [0.29, 0.717) is 19.3 Å². The van der Waals surface area contributed by atoms with Crippen molar-refractivity contribution in [3.05, 3.63) is 11.6 Å². The third kappa shape index (κ3) is 4.25. The molecule has 9 atom stereocenters. The van der Waals surface area contributed by atoms with E-state index in [0.717, 1.165) is 38.5 Å². The fourth-order valence-corrected chi connectivity index (χ4v) is 11.0. The standard InChI is InChI=1S/C34H50O7/c1-29(2)23-10-13-34(7)27(32(23,5)12-11-24(29)41-26(38)9-8-25(36)37)22(35)18-20-21-19-31(4,28(39)40)15-14-30(21,3)16-17-33(20,34)6/h18,21,23-24,27H,8-17,19H2,1-7H3,(H,36,37)(H,39,40)/t21-,23-,24-,27+,30+,31-,32-,33+,34-/m0/s1. The predicted molar refractivity (Wildman–Crippen MR) is 154 cm³/mol. The predicted octanol–water partition coefficient (Wildman–Crippen LogP) is 6.83. The molecule has 0 saturated heterocycles. The van der Waals surface area contributed by atoms with E-state index in [1.54, 1.807) is 0 Å².